The third kappa shape index (κ3) is 3.48. The van der Waals surface area contributed by atoms with Gasteiger partial charge in [0.25, 0.3) is 0 Å². The van der Waals surface area contributed by atoms with E-state index in [1.165, 1.54) is 11.3 Å². The molecule has 1 atom stereocenters. The van der Waals surface area contributed by atoms with E-state index in [0.29, 0.717) is 22.3 Å². The molecule has 1 aromatic carbocycles. The number of nitrogens with one attached hydrogen (secondary N) is 2. The molecule has 8 heteroatoms. The number of halogens is 1. The lowest BCUT2D eigenvalue weighted by molar-refractivity contribution is -0.125. The number of amides is 2. The summed E-state index contributed by atoms with van der Waals surface area (Å²) in [5, 5.41) is 6.64. The quantitative estimate of drug-likeness (QED) is 0.880. The fourth-order valence-corrected chi connectivity index (χ4v) is 4.07. The molecule has 0 spiro atoms. The van der Waals surface area contributed by atoms with Crippen molar-refractivity contribution in [3.05, 3.63) is 23.2 Å². The van der Waals surface area contributed by atoms with Crippen molar-refractivity contribution in [3.8, 4) is 0 Å². The van der Waals surface area contributed by atoms with Crippen LogP contribution in [0.1, 0.15) is 6.42 Å². The first-order chi connectivity index (χ1) is 10.1. The Bertz CT molecular complexity index is 704. The number of nitrogens with zero attached hydrogens (tertiary/aromatic N) is 1. The van der Waals surface area contributed by atoms with Crippen LogP contribution in [0.5, 0.6) is 0 Å². The van der Waals surface area contributed by atoms with Gasteiger partial charge in [-0.3, -0.25) is 9.59 Å². The van der Waals surface area contributed by atoms with Crippen molar-refractivity contribution in [1.29, 1.82) is 0 Å². The summed E-state index contributed by atoms with van der Waals surface area (Å²) in [5.74, 6) is 1.00. The zero-order valence-corrected chi connectivity index (χ0v) is 13.3. The summed E-state index contributed by atoms with van der Waals surface area (Å²) >= 11 is 8.89. The van der Waals surface area contributed by atoms with E-state index in [0.717, 1.165) is 16.0 Å². The van der Waals surface area contributed by atoms with E-state index < -0.39 is 6.04 Å². The van der Waals surface area contributed by atoms with Crippen molar-refractivity contribution in [2.75, 3.05) is 16.8 Å². The second kappa shape index (κ2) is 6.21. The minimum absolute atomic E-state index is 0.0868. The van der Waals surface area contributed by atoms with Gasteiger partial charge >= 0.3 is 0 Å². The molecule has 3 rings (SSSR count). The average molecular weight is 342 g/mol. The number of anilines is 1. The normalized spacial score (nSPS) is 19.1. The SMILES string of the molecule is O=C1CCSC[C@H](C(=O)Nc2nc3ccc(Cl)cc3s2)N1. The zero-order chi connectivity index (χ0) is 14.8. The molecular weight excluding hydrogens is 330 g/mol. The molecule has 110 valence electrons. The van der Waals surface area contributed by atoms with Crippen LogP contribution in [0.2, 0.25) is 5.02 Å². The third-order valence-electron chi connectivity index (χ3n) is 2.99. The van der Waals surface area contributed by atoms with E-state index in [-0.39, 0.29) is 11.8 Å². The van der Waals surface area contributed by atoms with Gasteiger partial charge in [-0.1, -0.05) is 22.9 Å². The van der Waals surface area contributed by atoms with Gasteiger partial charge in [-0.05, 0) is 18.2 Å². The highest BCUT2D eigenvalue weighted by atomic mass is 35.5. The minimum atomic E-state index is -0.513. The zero-order valence-electron chi connectivity index (χ0n) is 10.9. The fraction of sp³-hybridized carbons (Fsp3) is 0.308. The van der Waals surface area contributed by atoms with Gasteiger partial charge in [-0.25, -0.2) is 4.98 Å². The Morgan fingerprint density at radius 1 is 1.48 bits per heavy atom. The van der Waals surface area contributed by atoms with Gasteiger partial charge in [0.1, 0.15) is 6.04 Å². The van der Waals surface area contributed by atoms with E-state index in [1.54, 1.807) is 17.8 Å². The number of thiazole rings is 1. The Kier molecular flexibility index (Phi) is 4.32. The maximum Gasteiger partial charge on any atom is 0.249 e. The lowest BCUT2D eigenvalue weighted by Gasteiger charge is -2.13. The first-order valence-corrected chi connectivity index (χ1v) is 8.71. The lowest BCUT2D eigenvalue weighted by Crippen LogP contribution is -2.44. The summed E-state index contributed by atoms with van der Waals surface area (Å²) in [6.07, 6.45) is 0.452. The van der Waals surface area contributed by atoms with Crippen LogP contribution in [-0.2, 0) is 9.59 Å². The fourth-order valence-electron chi connectivity index (χ4n) is 1.96. The van der Waals surface area contributed by atoms with Crippen molar-refractivity contribution >= 4 is 61.9 Å². The molecular formula is C13H12ClN3O2S2. The van der Waals surface area contributed by atoms with E-state index in [1.807, 2.05) is 12.1 Å². The molecule has 1 fully saturated rings. The molecule has 0 saturated carbocycles. The van der Waals surface area contributed by atoms with E-state index >= 15 is 0 Å². The molecule has 0 radical (unpaired) electrons. The molecule has 0 aliphatic carbocycles. The number of hydrogen-bond acceptors (Lipinski definition) is 5. The Morgan fingerprint density at radius 3 is 3.19 bits per heavy atom. The van der Waals surface area contributed by atoms with Crippen molar-refractivity contribution in [1.82, 2.24) is 10.3 Å². The van der Waals surface area contributed by atoms with Crippen LogP contribution >= 0.6 is 34.7 Å². The second-order valence-electron chi connectivity index (χ2n) is 4.57. The van der Waals surface area contributed by atoms with Gasteiger partial charge in [-0.15, -0.1) is 0 Å². The van der Waals surface area contributed by atoms with Gasteiger partial charge in [-0.2, -0.15) is 11.8 Å². The average Bonchev–Trinajstić information content (AvgIpc) is 2.69. The van der Waals surface area contributed by atoms with Crippen molar-refractivity contribution in [3.63, 3.8) is 0 Å². The molecule has 2 heterocycles. The molecule has 0 unspecified atom stereocenters. The number of rotatable bonds is 2. The van der Waals surface area contributed by atoms with E-state index in [4.69, 9.17) is 11.6 Å². The molecule has 2 aromatic rings. The number of carbonyl (C=O) groups is 2. The van der Waals surface area contributed by atoms with Crippen LogP contribution in [0.4, 0.5) is 5.13 Å². The van der Waals surface area contributed by atoms with E-state index in [2.05, 4.69) is 15.6 Å². The second-order valence-corrected chi connectivity index (χ2v) is 7.18. The maximum absolute atomic E-state index is 12.2. The van der Waals surface area contributed by atoms with Gasteiger partial charge in [0.2, 0.25) is 11.8 Å². The highest BCUT2D eigenvalue weighted by molar-refractivity contribution is 7.99. The minimum Gasteiger partial charge on any atom is -0.343 e. The van der Waals surface area contributed by atoms with Gasteiger partial charge in [0, 0.05) is 22.9 Å². The molecule has 1 aromatic heterocycles. The van der Waals surface area contributed by atoms with Crippen LogP contribution in [0.3, 0.4) is 0 Å². The lowest BCUT2D eigenvalue weighted by atomic mass is 10.3. The van der Waals surface area contributed by atoms with E-state index in [9.17, 15) is 9.59 Å². The number of benzene rings is 1. The summed E-state index contributed by atoms with van der Waals surface area (Å²) in [6, 6.07) is 4.87. The molecule has 1 aliphatic rings. The number of thioether (sulfide) groups is 1. The number of carbonyl (C=O) groups excluding carboxylic acids is 2. The molecule has 0 bridgehead atoms. The predicted octanol–water partition coefficient (Wildman–Crippen LogP) is 2.51. The molecule has 1 saturated heterocycles. The van der Waals surface area contributed by atoms with Gasteiger partial charge in [0.15, 0.2) is 5.13 Å². The first-order valence-electron chi connectivity index (χ1n) is 6.36. The molecule has 5 nitrogen and oxygen atoms in total. The van der Waals surface area contributed by atoms with Crippen LogP contribution in [-0.4, -0.2) is 34.3 Å². The molecule has 2 N–H and O–H groups in total. The summed E-state index contributed by atoms with van der Waals surface area (Å²) in [5.41, 5.74) is 0.791. The first kappa shape index (κ1) is 14.6. The predicted molar refractivity (Wildman–Crippen MR) is 87.1 cm³/mol. The largest absolute Gasteiger partial charge is 0.343 e. The third-order valence-corrected chi connectivity index (χ3v) is 5.22. The van der Waals surface area contributed by atoms with Crippen LogP contribution in [0.25, 0.3) is 10.2 Å². The Morgan fingerprint density at radius 2 is 2.33 bits per heavy atom. The van der Waals surface area contributed by atoms with Gasteiger partial charge in [0.05, 0.1) is 10.2 Å². The molecule has 1 aliphatic heterocycles. The summed E-state index contributed by atoms with van der Waals surface area (Å²) in [7, 11) is 0. The van der Waals surface area contributed by atoms with Gasteiger partial charge < -0.3 is 10.6 Å². The Hall–Kier alpha value is -1.31. The summed E-state index contributed by atoms with van der Waals surface area (Å²) < 4.78 is 0.914. The van der Waals surface area contributed by atoms with Crippen molar-refractivity contribution in [2.24, 2.45) is 0 Å². The molecule has 21 heavy (non-hydrogen) atoms. The highest BCUT2D eigenvalue weighted by Crippen LogP contribution is 2.28. The summed E-state index contributed by atoms with van der Waals surface area (Å²) in [6.45, 7) is 0. The Labute approximate surface area is 134 Å². The summed E-state index contributed by atoms with van der Waals surface area (Å²) in [4.78, 5) is 28.0. The topological polar surface area (TPSA) is 71.1 Å². The van der Waals surface area contributed by atoms with Crippen molar-refractivity contribution in [2.45, 2.75) is 12.5 Å². The number of fused-ring (bicyclic) bond motifs is 1. The highest BCUT2D eigenvalue weighted by Gasteiger charge is 2.24. The van der Waals surface area contributed by atoms with Crippen LogP contribution in [0.15, 0.2) is 18.2 Å². The van der Waals surface area contributed by atoms with Crippen LogP contribution in [0, 0.1) is 0 Å². The molecule has 2 amide bonds. The Balaban J connectivity index is 1.74. The smallest absolute Gasteiger partial charge is 0.249 e. The van der Waals surface area contributed by atoms with Crippen LogP contribution < -0.4 is 10.6 Å². The standard InChI is InChI=1S/C13H12ClN3O2S2/c14-7-1-2-8-10(5-7)21-13(16-8)17-12(19)9-6-20-4-3-11(18)15-9/h1-2,5,9H,3-4,6H2,(H,15,18)(H,16,17,19)/t9-/m1/s1. The number of aromatic nitrogens is 1. The maximum atomic E-state index is 12.2. The monoisotopic (exact) mass is 341 g/mol. The number of hydrogen-bond donors (Lipinski definition) is 2. The van der Waals surface area contributed by atoms with Crippen molar-refractivity contribution < 1.29 is 9.59 Å².